The molecule has 0 bridgehead atoms. The Morgan fingerprint density at radius 2 is 1.68 bits per heavy atom. The molecule has 0 saturated carbocycles. The van der Waals surface area contributed by atoms with Crippen molar-refractivity contribution in [2.24, 2.45) is 5.92 Å². The summed E-state index contributed by atoms with van der Waals surface area (Å²) in [7, 11) is 0. The zero-order valence-corrected chi connectivity index (χ0v) is 19.8. The molecule has 1 amide bonds. The van der Waals surface area contributed by atoms with Crippen LogP contribution in [-0.4, -0.2) is 29.3 Å². The van der Waals surface area contributed by atoms with Crippen molar-refractivity contribution in [1.82, 2.24) is 9.88 Å². The highest BCUT2D eigenvalue weighted by molar-refractivity contribution is 7.23. The van der Waals surface area contributed by atoms with E-state index in [1.165, 1.54) is 22.0 Å². The van der Waals surface area contributed by atoms with Gasteiger partial charge in [-0.15, -0.1) is 0 Å². The van der Waals surface area contributed by atoms with Gasteiger partial charge in [0.05, 0.1) is 16.3 Å². The van der Waals surface area contributed by atoms with E-state index in [9.17, 15) is 14.4 Å². The van der Waals surface area contributed by atoms with Crippen molar-refractivity contribution >= 4 is 49.8 Å². The van der Waals surface area contributed by atoms with Crippen molar-refractivity contribution in [2.75, 3.05) is 18.4 Å². The number of hydrogen-bond acceptors (Lipinski definition) is 5. The second-order valence-corrected chi connectivity index (χ2v) is 9.60. The first-order valence-electron chi connectivity index (χ1n) is 11.1. The molecule has 2 aromatic heterocycles. The molecule has 5 rings (SSSR count). The molecule has 3 heterocycles. The lowest BCUT2D eigenvalue weighted by Crippen LogP contribution is -2.34. The van der Waals surface area contributed by atoms with Crippen molar-refractivity contribution in [3.63, 3.8) is 0 Å². The van der Waals surface area contributed by atoms with Crippen molar-refractivity contribution in [3.8, 4) is 5.69 Å². The van der Waals surface area contributed by atoms with Crippen LogP contribution in [0.4, 0.5) is 5.00 Å². The molecule has 0 spiro atoms. The maximum absolute atomic E-state index is 13.6. The summed E-state index contributed by atoms with van der Waals surface area (Å²) in [6, 6.07) is 19.1. The van der Waals surface area contributed by atoms with Gasteiger partial charge in [0.15, 0.2) is 5.78 Å². The smallest absolute Gasteiger partial charge is 0.256 e. The minimum Gasteiger partial charge on any atom is -0.317 e. The van der Waals surface area contributed by atoms with E-state index in [2.05, 4.69) is 10.6 Å². The zero-order valence-electron chi connectivity index (χ0n) is 18.2. The number of halogens is 1. The van der Waals surface area contributed by atoms with Gasteiger partial charge >= 0.3 is 0 Å². The number of hydrogen-bond donors (Lipinski definition) is 2. The first-order valence-corrected chi connectivity index (χ1v) is 12.3. The van der Waals surface area contributed by atoms with Gasteiger partial charge < -0.3 is 10.6 Å². The summed E-state index contributed by atoms with van der Waals surface area (Å²) in [5, 5.41) is 7.73. The molecular formula is C26H22ClN3O3S. The van der Waals surface area contributed by atoms with Crippen LogP contribution < -0.4 is 16.2 Å². The summed E-state index contributed by atoms with van der Waals surface area (Å²) < 4.78 is 1.50. The molecule has 0 radical (unpaired) electrons. The van der Waals surface area contributed by atoms with Crippen molar-refractivity contribution < 1.29 is 9.59 Å². The Labute approximate surface area is 205 Å². The Kier molecular flexibility index (Phi) is 6.32. The Morgan fingerprint density at radius 3 is 2.41 bits per heavy atom. The lowest BCUT2D eigenvalue weighted by Gasteiger charge is -2.21. The quantitative estimate of drug-likeness (QED) is 0.390. The highest BCUT2D eigenvalue weighted by Crippen LogP contribution is 2.38. The van der Waals surface area contributed by atoms with Crippen LogP contribution in [0, 0.1) is 5.92 Å². The number of aromatic nitrogens is 1. The normalized spacial score (nSPS) is 14.3. The first-order chi connectivity index (χ1) is 16.5. The third-order valence-electron chi connectivity index (χ3n) is 6.04. The number of ketones is 1. The molecule has 1 aliphatic heterocycles. The monoisotopic (exact) mass is 491 g/mol. The zero-order chi connectivity index (χ0) is 23.7. The molecule has 0 unspecified atom stereocenters. The second-order valence-electron chi connectivity index (χ2n) is 8.19. The summed E-state index contributed by atoms with van der Waals surface area (Å²) in [4.78, 5) is 40.2. The number of nitrogens with one attached hydrogen (secondary N) is 2. The fourth-order valence-corrected chi connectivity index (χ4v) is 5.72. The minimum atomic E-state index is -0.267. The third-order valence-corrected chi connectivity index (χ3v) is 7.47. The van der Waals surface area contributed by atoms with E-state index in [0.717, 1.165) is 25.9 Å². The number of para-hydroxylation sites is 1. The maximum Gasteiger partial charge on any atom is 0.256 e. The lowest BCUT2D eigenvalue weighted by molar-refractivity contribution is -0.120. The highest BCUT2D eigenvalue weighted by Gasteiger charge is 2.27. The third kappa shape index (κ3) is 4.18. The molecule has 34 heavy (non-hydrogen) atoms. The van der Waals surface area contributed by atoms with Gasteiger partial charge in [-0.05, 0) is 44.1 Å². The van der Waals surface area contributed by atoms with E-state index in [-0.39, 0.29) is 23.2 Å². The van der Waals surface area contributed by atoms with Gasteiger partial charge in [0.2, 0.25) is 5.91 Å². The van der Waals surface area contributed by atoms with E-state index < -0.39 is 0 Å². The van der Waals surface area contributed by atoms with Crippen molar-refractivity contribution in [2.45, 2.75) is 12.8 Å². The van der Waals surface area contributed by atoms with Gasteiger partial charge in [-0.2, -0.15) is 0 Å². The number of fused-ring (bicyclic) bond motifs is 1. The molecule has 0 aliphatic carbocycles. The summed E-state index contributed by atoms with van der Waals surface area (Å²) >= 11 is 7.64. The van der Waals surface area contributed by atoms with Crippen LogP contribution in [0.15, 0.2) is 71.5 Å². The molecule has 6 nitrogen and oxygen atoms in total. The number of carbonyl (C=O) groups excluding carboxylic acids is 2. The summed E-state index contributed by atoms with van der Waals surface area (Å²) in [5.41, 5.74) is 1.15. The van der Waals surface area contributed by atoms with Crippen LogP contribution in [0.2, 0.25) is 5.02 Å². The number of anilines is 1. The van der Waals surface area contributed by atoms with E-state index in [4.69, 9.17) is 11.6 Å². The van der Waals surface area contributed by atoms with E-state index in [1.54, 1.807) is 54.6 Å². The second kappa shape index (κ2) is 9.54. The van der Waals surface area contributed by atoms with Gasteiger partial charge in [-0.1, -0.05) is 65.4 Å². The highest BCUT2D eigenvalue weighted by atomic mass is 35.5. The molecule has 1 fully saturated rings. The van der Waals surface area contributed by atoms with Crippen LogP contribution in [0.25, 0.3) is 15.9 Å². The average molecular weight is 492 g/mol. The fourth-order valence-electron chi connectivity index (χ4n) is 4.29. The minimum absolute atomic E-state index is 0.109. The maximum atomic E-state index is 13.6. The lowest BCUT2D eigenvalue weighted by atomic mass is 9.97. The number of amides is 1. The number of thiophene rings is 1. The Bertz CT molecular complexity index is 1440. The van der Waals surface area contributed by atoms with Gasteiger partial charge in [0, 0.05) is 22.9 Å². The Hall–Kier alpha value is -3.26. The van der Waals surface area contributed by atoms with Crippen molar-refractivity contribution in [1.29, 1.82) is 0 Å². The van der Waals surface area contributed by atoms with Crippen LogP contribution in [0.5, 0.6) is 0 Å². The van der Waals surface area contributed by atoms with Gasteiger partial charge in [-0.25, -0.2) is 0 Å². The number of pyridine rings is 1. The summed E-state index contributed by atoms with van der Waals surface area (Å²) in [5.74, 6) is -0.449. The van der Waals surface area contributed by atoms with Gasteiger partial charge in [-0.3, -0.25) is 19.0 Å². The molecule has 2 N–H and O–H groups in total. The SMILES string of the molecule is O=C(c1ccccc1)c1c(NC(=O)C2CCNCC2)sc2c1ccc(=O)n2-c1ccccc1Cl. The predicted octanol–water partition coefficient (Wildman–Crippen LogP) is 4.87. The molecular weight excluding hydrogens is 470 g/mol. The molecule has 2 aromatic carbocycles. The number of rotatable bonds is 5. The molecule has 1 aliphatic rings. The molecule has 0 atom stereocenters. The number of carbonyl (C=O) groups is 2. The summed E-state index contributed by atoms with van der Waals surface area (Å²) in [6.45, 7) is 1.57. The predicted molar refractivity (Wildman–Crippen MR) is 137 cm³/mol. The number of piperidine rings is 1. The Balaban J connectivity index is 1.70. The molecule has 1 saturated heterocycles. The van der Waals surface area contributed by atoms with Crippen LogP contribution in [0.1, 0.15) is 28.8 Å². The van der Waals surface area contributed by atoms with Crippen LogP contribution in [0.3, 0.4) is 0 Å². The van der Waals surface area contributed by atoms with Crippen LogP contribution in [-0.2, 0) is 4.79 Å². The number of nitrogens with zero attached hydrogens (tertiary/aromatic N) is 1. The van der Waals surface area contributed by atoms with Crippen molar-refractivity contribution in [3.05, 3.63) is 93.2 Å². The van der Waals surface area contributed by atoms with Gasteiger partial charge in [0.25, 0.3) is 5.56 Å². The molecule has 8 heteroatoms. The van der Waals surface area contributed by atoms with E-state index in [1.807, 2.05) is 6.07 Å². The van der Waals surface area contributed by atoms with E-state index >= 15 is 0 Å². The Morgan fingerprint density at radius 1 is 0.971 bits per heavy atom. The first kappa shape index (κ1) is 22.5. The molecule has 172 valence electrons. The van der Waals surface area contributed by atoms with Gasteiger partial charge in [0.1, 0.15) is 9.83 Å². The fraction of sp³-hybridized carbons (Fsp3) is 0.192. The number of benzene rings is 2. The standard InChI is InChI=1S/C26H22ClN3O3S/c27-19-8-4-5-9-20(19)30-21(31)11-10-18-22(23(32)16-6-2-1-3-7-16)25(34-26(18)30)29-24(33)17-12-14-28-15-13-17/h1-11,17,28H,12-15H2,(H,29,33). The van der Waals surface area contributed by atoms with Crippen LogP contribution >= 0.6 is 22.9 Å². The largest absolute Gasteiger partial charge is 0.317 e. The average Bonchev–Trinajstić information content (AvgIpc) is 3.23. The summed E-state index contributed by atoms with van der Waals surface area (Å²) in [6.07, 6.45) is 1.48. The van der Waals surface area contributed by atoms with E-state index in [0.29, 0.717) is 37.1 Å². The topological polar surface area (TPSA) is 80.2 Å². The molecule has 4 aromatic rings.